The normalized spacial score (nSPS) is 21.4. The molecule has 6 heteroatoms. The van der Waals surface area contributed by atoms with E-state index >= 15 is 0 Å². The molecule has 5 nitrogen and oxygen atoms in total. The molecule has 2 aromatic rings. The predicted molar refractivity (Wildman–Crippen MR) is 121 cm³/mol. The van der Waals surface area contributed by atoms with Gasteiger partial charge in [0, 0.05) is 43.8 Å². The zero-order valence-electron chi connectivity index (χ0n) is 18.2. The van der Waals surface area contributed by atoms with Crippen LogP contribution in [-0.2, 0) is 17.6 Å². The van der Waals surface area contributed by atoms with E-state index in [4.69, 9.17) is 10.5 Å². The third kappa shape index (κ3) is 4.86. The van der Waals surface area contributed by atoms with Crippen molar-refractivity contribution in [3.8, 4) is 0 Å². The number of anilines is 1. The Labute approximate surface area is 182 Å². The summed E-state index contributed by atoms with van der Waals surface area (Å²) in [5.41, 5.74) is 11.4. The first kappa shape index (κ1) is 21.7. The fraction of sp³-hybridized carbons (Fsp3) is 0.440. The molecule has 1 unspecified atom stereocenters. The molecule has 1 atom stereocenters. The summed E-state index contributed by atoms with van der Waals surface area (Å²) in [4.78, 5) is 17.9. The summed E-state index contributed by atoms with van der Waals surface area (Å²) in [6.45, 7) is 2.02. The molecule has 3 N–H and O–H groups in total. The predicted octanol–water partition coefficient (Wildman–Crippen LogP) is 4.30. The first-order valence-electron chi connectivity index (χ1n) is 11.0. The van der Waals surface area contributed by atoms with Gasteiger partial charge in [0.2, 0.25) is 0 Å². The van der Waals surface area contributed by atoms with Gasteiger partial charge in [0.1, 0.15) is 5.82 Å². The highest BCUT2D eigenvalue weighted by Crippen LogP contribution is 2.36. The van der Waals surface area contributed by atoms with Crippen LogP contribution < -0.4 is 11.1 Å². The maximum Gasteiger partial charge on any atom is 0.170 e. The van der Waals surface area contributed by atoms with Gasteiger partial charge in [-0.25, -0.2) is 4.39 Å². The van der Waals surface area contributed by atoms with Crippen LogP contribution >= 0.6 is 0 Å². The second kappa shape index (κ2) is 9.28. The topological polar surface area (TPSA) is 77.2 Å². The van der Waals surface area contributed by atoms with E-state index in [0.29, 0.717) is 5.56 Å². The molecular weight excluding hydrogens is 393 g/mol. The lowest BCUT2D eigenvalue weighted by atomic mass is 9.91. The number of carbonyl (C=O) groups excluding carboxylic acids is 1. The smallest absolute Gasteiger partial charge is 0.170 e. The van der Waals surface area contributed by atoms with Crippen LogP contribution in [0.5, 0.6) is 0 Å². The van der Waals surface area contributed by atoms with E-state index in [0.717, 1.165) is 60.2 Å². The molecule has 2 aliphatic rings. The molecule has 4 rings (SSSR count). The Morgan fingerprint density at radius 3 is 2.65 bits per heavy atom. The molecule has 0 amide bonds. The molecule has 2 aliphatic carbocycles. The van der Waals surface area contributed by atoms with Crippen LogP contribution in [0, 0.1) is 5.82 Å². The Morgan fingerprint density at radius 1 is 1.26 bits per heavy atom. The average Bonchev–Trinajstić information content (AvgIpc) is 3.21. The van der Waals surface area contributed by atoms with Crippen LogP contribution in [-0.4, -0.2) is 36.1 Å². The number of methoxy groups -OCH3 is 1. The van der Waals surface area contributed by atoms with E-state index in [1.165, 1.54) is 12.1 Å². The van der Waals surface area contributed by atoms with Crippen molar-refractivity contribution in [3.05, 3.63) is 64.2 Å². The molecule has 1 aromatic carbocycles. The van der Waals surface area contributed by atoms with E-state index in [9.17, 15) is 9.18 Å². The van der Waals surface area contributed by atoms with Crippen molar-refractivity contribution in [1.82, 2.24) is 4.98 Å². The van der Waals surface area contributed by atoms with Crippen LogP contribution in [0.3, 0.4) is 0 Å². The molecule has 0 saturated heterocycles. The molecule has 1 heterocycles. The second-order valence-electron chi connectivity index (χ2n) is 8.66. The quantitative estimate of drug-likeness (QED) is 0.649. The van der Waals surface area contributed by atoms with Crippen molar-refractivity contribution in [2.75, 3.05) is 12.4 Å². The second-order valence-corrected chi connectivity index (χ2v) is 8.66. The van der Waals surface area contributed by atoms with Crippen molar-refractivity contribution in [2.24, 2.45) is 5.73 Å². The maximum atomic E-state index is 13.2. The minimum Gasteiger partial charge on any atom is -0.381 e. The molecule has 164 valence electrons. The summed E-state index contributed by atoms with van der Waals surface area (Å²) in [6.07, 6.45) is 8.64. The molecule has 1 aromatic heterocycles. The summed E-state index contributed by atoms with van der Waals surface area (Å²) < 4.78 is 18.8. The monoisotopic (exact) mass is 423 g/mol. The number of ketones is 1. The number of hydrogen-bond donors (Lipinski definition) is 2. The number of pyridine rings is 1. The number of fused-ring (bicyclic) bond motifs is 1. The molecule has 1 saturated carbocycles. The number of benzene rings is 1. The number of hydrogen-bond acceptors (Lipinski definition) is 5. The Hall–Kier alpha value is -2.57. The number of ether oxygens (including phenoxy) is 1. The van der Waals surface area contributed by atoms with E-state index < -0.39 is 0 Å². The van der Waals surface area contributed by atoms with Crippen LogP contribution in [0.15, 0.2) is 36.0 Å². The maximum absolute atomic E-state index is 13.2. The number of aromatic nitrogens is 1. The lowest BCUT2D eigenvalue weighted by molar-refractivity contribution is 0.0993. The lowest BCUT2D eigenvalue weighted by Gasteiger charge is -2.29. The minimum absolute atomic E-state index is 0.00639. The molecule has 0 spiro atoms. The van der Waals surface area contributed by atoms with Gasteiger partial charge < -0.3 is 15.8 Å². The molecule has 0 radical (unpaired) electrons. The van der Waals surface area contributed by atoms with Crippen molar-refractivity contribution < 1.29 is 13.9 Å². The third-order valence-electron chi connectivity index (χ3n) is 6.47. The number of nitrogens with one attached hydrogen (secondary N) is 1. The van der Waals surface area contributed by atoms with Gasteiger partial charge in [-0.05, 0) is 62.0 Å². The van der Waals surface area contributed by atoms with Crippen molar-refractivity contribution in [1.29, 1.82) is 0 Å². The van der Waals surface area contributed by atoms with Gasteiger partial charge in [-0.15, -0.1) is 0 Å². The largest absolute Gasteiger partial charge is 0.381 e. The van der Waals surface area contributed by atoms with Gasteiger partial charge in [-0.3, -0.25) is 9.78 Å². The highest BCUT2D eigenvalue weighted by molar-refractivity contribution is 6.04. The number of rotatable bonds is 7. The van der Waals surface area contributed by atoms with E-state index in [1.807, 2.05) is 6.92 Å². The first-order chi connectivity index (χ1) is 14.9. The average molecular weight is 424 g/mol. The van der Waals surface area contributed by atoms with E-state index in [1.54, 1.807) is 25.4 Å². The molecule has 0 bridgehead atoms. The zero-order chi connectivity index (χ0) is 22.0. The van der Waals surface area contributed by atoms with Crippen molar-refractivity contribution >= 4 is 17.5 Å². The Bertz CT molecular complexity index is 979. The summed E-state index contributed by atoms with van der Waals surface area (Å²) in [7, 11) is 1.70. The molecular formula is C25H30FN3O2. The van der Waals surface area contributed by atoms with Gasteiger partial charge >= 0.3 is 0 Å². The van der Waals surface area contributed by atoms with Gasteiger partial charge in [-0.2, -0.15) is 0 Å². The number of halogens is 1. The van der Waals surface area contributed by atoms with Crippen molar-refractivity contribution in [3.63, 3.8) is 0 Å². The molecule has 31 heavy (non-hydrogen) atoms. The molecule has 0 aliphatic heterocycles. The SMILES string of the molecule is COC(C)C1=Cc2c(ncc(C(=O)Cc3ccc(F)cc3)c2NC2CCC(N)CC2)C1. The number of Topliss-reactive ketones (excluding diaryl/α,β-unsaturated/α-hetero) is 1. The van der Waals surface area contributed by atoms with Gasteiger partial charge in [0.15, 0.2) is 5.78 Å². The standard InChI is InChI=1S/C25H30FN3O2/c1-15(31-2)17-12-21-23(13-17)28-14-22(24(30)11-16-3-5-18(26)6-4-16)25(21)29-20-9-7-19(27)8-10-20/h3-6,12,14-15,19-20H,7-11,13,27H2,1-2H3,(H,28,29). The fourth-order valence-corrected chi connectivity index (χ4v) is 4.42. The van der Waals surface area contributed by atoms with Gasteiger partial charge in [-0.1, -0.05) is 12.1 Å². The van der Waals surface area contributed by atoms with Crippen LogP contribution in [0.1, 0.15) is 59.8 Å². The number of nitrogens with two attached hydrogens (primary N) is 1. The minimum atomic E-state index is -0.307. The zero-order valence-corrected chi connectivity index (χ0v) is 18.2. The summed E-state index contributed by atoms with van der Waals surface area (Å²) in [5, 5.41) is 3.66. The lowest BCUT2D eigenvalue weighted by Crippen LogP contribution is -2.33. The van der Waals surface area contributed by atoms with Gasteiger partial charge in [0.05, 0.1) is 23.0 Å². The Balaban J connectivity index is 1.66. The number of carbonyl (C=O) groups is 1. The van der Waals surface area contributed by atoms with E-state index in [-0.39, 0.29) is 36.2 Å². The van der Waals surface area contributed by atoms with Crippen molar-refractivity contribution in [2.45, 2.75) is 63.6 Å². The highest BCUT2D eigenvalue weighted by Gasteiger charge is 2.27. The number of nitrogens with zero attached hydrogens (tertiary/aromatic N) is 1. The van der Waals surface area contributed by atoms with Gasteiger partial charge in [0.25, 0.3) is 0 Å². The van der Waals surface area contributed by atoms with Crippen LogP contribution in [0.4, 0.5) is 10.1 Å². The molecule has 1 fully saturated rings. The van der Waals surface area contributed by atoms with E-state index in [2.05, 4.69) is 16.4 Å². The first-order valence-corrected chi connectivity index (χ1v) is 11.0. The van der Waals surface area contributed by atoms with Crippen LogP contribution in [0.25, 0.3) is 6.08 Å². The third-order valence-corrected chi connectivity index (χ3v) is 6.47. The summed E-state index contributed by atoms with van der Waals surface area (Å²) in [5.74, 6) is -0.336. The Kier molecular flexibility index (Phi) is 6.49. The Morgan fingerprint density at radius 2 is 1.97 bits per heavy atom. The highest BCUT2D eigenvalue weighted by atomic mass is 19.1. The van der Waals surface area contributed by atoms with Crippen LogP contribution in [0.2, 0.25) is 0 Å². The summed E-state index contributed by atoms with van der Waals surface area (Å²) >= 11 is 0. The summed E-state index contributed by atoms with van der Waals surface area (Å²) in [6, 6.07) is 6.62. The fourth-order valence-electron chi connectivity index (χ4n) is 4.42.